The monoisotopic (exact) mass is 347 g/mol. The lowest BCUT2D eigenvalue weighted by Crippen LogP contribution is -2.54. The van der Waals surface area contributed by atoms with Crippen LogP contribution < -0.4 is 9.47 Å². The molecule has 136 valence electrons. The average Bonchev–Trinajstić information content (AvgIpc) is 2.94. The van der Waals surface area contributed by atoms with Gasteiger partial charge in [0.1, 0.15) is 5.60 Å². The first-order valence-corrected chi connectivity index (χ1v) is 8.88. The number of nitrogens with zero attached hydrogens (tertiary/aromatic N) is 1. The van der Waals surface area contributed by atoms with Gasteiger partial charge < -0.3 is 19.3 Å². The van der Waals surface area contributed by atoms with Crippen molar-refractivity contribution in [3.8, 4) is 11.5 Å². The zero-order valence-corrected chi connectivity index (χ0v) is 14.9. The van der Waals surface area contributed by atoms with E-state index in [4.69, 9.17) is 19.3 Å². The van der Waals surface area contributed by atoms with E-state index in [1.807, 2.05) is 17.0 Å². The first-order chi connectivity index (χ1) is 11.9. The summed E-state index contributed by atoms with van der Waals surface area (Å²) in [6, 6.07) is 6.07. The summed E-state index contributed by atoms with van der Waals surface area (Å²) in [5, 5.41) is 9.17. The van der Waals surface area contributed by atoms with Crippen LogP contribution in [0.3, 0.4) is 0 Å². The van der Waals surface area contributed by atoms with E-state index in [0.29, 0.717) is 0 Å². The number of benzene rings is 1. The molecule has 4 rings (SSSR count). The van der Waals surface area contributed by atoms with Crippen LogP contribution in [0.2, 0.25) is 0 Å². The van der Waals surface area contributed by atoms with E-state index in [-0.39, 0.29) is 30.7 Å². The molecule has 4 atom stereocenters. The predicted molar refractivity (Wildman–Crippen MR) is 91.0 cm³/mol. The number of carbonyl (C=O) groups is 1. The van der Waals surface area contributed by atoms with Gasteiger partial charge in [0.15, 0.2) is 11.5 Å². The zero-order valence-electron chi connectivity index (χ0n) is 14.9. The van der Waals surface area contributed by atoms with Gasteiger partial charge in [-0.25, -0.2) is 0 Å². The molecule has 0 aliphatic carbocycles. The summed E-state index contributed by atoms with van der Waals surface area (Å²) in [7, 11) is 1.65. The van der Waals surface area contributed by atoms with Gasteiger partial charge in [0, 0.05) is 24.1 Å². The highest BCUT2D eigenvalue weighted by molar-refractivity contribution is 5.69. The Labute approximate surface area is 147 Å². The second kappa shape index (κ2) is 5.88. The van der Waals surface area contributed by atoms with Gasteiger partial charge >= 0.3 is 5.97 Å². The fraction of sp³-hybridized carbons (Fsp3) is 0.632. The lowest BCUT2D eigenvalue weighted by Gasteiger charge is -2.50. The number of carboxylic acid groups (broad SMARTS) is 1. The molecule has 6 nitrogen and oxygen atoms in total. The van der Waals surface area contributed by atoms with Crippen LogP contribution in [0.5, 0.6) is 11.5 Å². The average molecular weight is 347 g/mol. The molecule has 2 saturated heterocycles. The van der Waals surface area contributed by atoms with Gasteiger partial charge in [-0.15, -0.1) is 0 Å². The Bertz CT molecular complexity index is 688. The van der Waals surface area contributed by atoms with E-state index >= 15 is 0 Å². The number of hydrogen-bond acceptors (Lipinski definition) is 5. The normalized spacial score (nSPS) is 32.9. The number of hydrogen-bond donors (Lipinski definition) is 1. The van der Waals surface area contributed by atoms with Crippen LogP contribution in [0.25, 0.3) is 0 Å². The van der Waals surface area contributed by atoms with Gasteiger partial charge in [0.2, 0.25) is 0 Å². The number of methoxy groups -OCH3 is 1. The van der Waals surface area contributed by atoms with Crippen molar-refractivity contribution in [2.75, 3.05) is 20.2 Å². The molecule has 6 heteroatoms. The summed E-state index contributed by atoms with van der Waals surface area (Å²) in [6.45, 7) is 5.02. The number of fused-ring (bicyclic) bond motifs is 4. The minimum Gasteiger partial charge on any atom is -0.493 e. The third-order valence-electron chi connectivity index (χ3n) is 5.91. The van der Waals surface area contributed by atoms with Crippen molar-refractivity contribution in [2.45, 2.75) is 50.5 Å². The summed E-state index contributed by atoms with van der Waals surface area (Å²) in [6.07, 6.45) is 1.79. The lowest BCUT2D eigenvalue weighted by atomic mass is 9.74. The summed E-state index contributed by atoms with van der Waals surface area (Å²) in [5.41, 5.74) is 0.633. The third kappa shape index (κ3) is 2.68. The Morgan fingerprint density at radius 2 is 2.24 bits per heavy atom. The maximum absolute atomic E-state index is 11.2. The van der Waals surface area contributed by atoms with Gasteiger partial charge in [-0.05, 0) is 32.8 Å². The molecule has 0 unspecified atom stereocenters. The van der Waals surface area contributed by atoms with Crippen molar-refractivity contribution in [3.05, 3.63) is 23.8 Å². The van der Waals surface area contributed by atoms with Crippen molar-refractivity contribution in [1.29, 1.82) is 0 Å². The smallest absolute Gasteiger partial charge is 0.317 e. The maximum atomic E-state index is 11.2. The lowest BCUT2D eigenvalue weighted by molar-refractivity contribution is -0.164. The molecule has 0 amide bonds. The summed E-state index contributed by atoms with van der Waals surface area (Å²) >= 11 is 0. The highest BCUT2D eigenvalue weighted by Crippen LogP contribution is 2.54. The van der Waals surface area contributed by atoms with Crippen LogP contribution in [0, 0.1) is 5.92 Å². The van der Waals surface area contributed by atoms with Crippen LogP contribution in [-0.4, -0.2) is 53.9 Å². The minimum absolute atomic E-state index is 0.0418. The first-order valence-electron chi connectivity index (χ1n) is 8.88. The molecule has 2 fully saturated rings. The molecule has 0 saturated carbocycles. The molecule has 0 spiro atoms. The number of likely N-dealkylation sites (tertiary alicyclic amines) is 1. The Kier molecular flexibility index (Phi) is 3.92. The molecule has 3 heterocycles. The quantitative estimate of drug-likeness (QED) is 0.906. The van der Waals surface area contributed by atoms with Gasteiger partial charge in [0.05, 0.1) is 25.9 Å². The Hall–Kier alpha value is -1.79. The largest absolute Gasteiger partial charge is 0.493 e. The molecular weight excluding hydrogens is 322 g/mol. The van der Waals surface area contributed by atoms with Crippen LogP contribution in [0.15, 0.2) is 18.2 Å². The molecule has 1 N–H and O–H groups in total. The zero-order chi connectivity index (χ0) is 17.8. The minimum atomic E-state index is -0.781. The third-order valence-corrected chi connectivity index (χ3v) is 5.91. The molecular formula is C19H25NO5. The SMILES string of the molecule is COc1cccc2c1OC(C)(C)[C@H]1C[C@@H]3[C@H](CCN3CC(=O)O)O[C@H]21. The van der Waals surface area contributed by atoms with Crippen molar-refractivity contribution < 1.29 is 24.1 Å². The van der Waals surface area contributed by atoms with Gasteiger partial charge in [0.25, 0.3) is 0 Å². The van der Waals surface area contributed by atoms with Crippen LogP contribution in [0.4, 0.5) is 0 Å². The number of para-hydroxylation sites is 1. The molecule has 25 heavy (non-hydrogen) atoms. The fourth-order valence-corrected chi connectivity index (χ4v) is 4.69. The Morgan fingerprint density at radius 3 is 2.96 bits per heavy atom. The van der Waals surface area contributed by atoms with Crippen molar-refractivity contribution in [3.63, 3.8) is 0 Å². The fourth-order valence-electron chi connectivity index (χ4n) is 4.69. The molecule has 3 aliphatic rings. The van der Waals surface area contributed by atoms with E-state index in [9.17, 15) is 4.79 Å². The molecule has 0 radical (unpaired) electrons. The van der Waals surface area contributed by atoms with E-state index in [0.717, 1.165) is 36.4 Å². The Balaban J connectivity index is 1.68. The number of aliphatic carboxylic acids is 1. The summed E-state index contributed by atoms with van der Waals surface area (Å²) < 4.78 is 18.3. The second-order valence-corrected chi connectivity index (χ2v) is 7.74. The number of carboxylic acids is 1. The van der Waals surface area contributed by atoms with Crippen LogP contribution in [-0.2, 0) is 9.53 Å². The van der Waals surface area contributed by atoms with E-state index in [1.165, 1.54) is 0 Å². The number of rotatable bonds is 3. The van der Waals surface area contributed by atoms with Crippen molar-refractivity contribution in [1.82, 2.24) is 4.90 Å². The predicted octanol–water partition coefficient (Wildman–Crippen LogP) is 2.47. The van der Waals surface area contributed by atoms with E-state index in [2.05, 4.69) is 19.9 Å². The second-order valence-electron chi connectivity index (χ2n) is 7.74. The van der Waals surface area contributed by atoms with Crippen molar-refractivity contribution >= 4 is 5.97 Å². The van der Waals surface area contributed by atoms with Gasteiger partial charge in [-0.3, -0.25) is 9.69 Å². The number of ether oxygens (including phenoxy) is 3. The first kappa shape index (κ1) is 16.7. The van der Waals surface area contributed by atoms with Gasteiger partial charge in [-0.1, -0.05) is 12.1 Å². The standard InChI is InChI=1S/C19H25NO5/c1-19(2)12-9-13-14(7-8-20(13)10-16(21)22)24-17(12)11-5-4-6-15(23-3)18(11)25-19/h4-6,12-14,17H,7-10H2,1-3H3,(H,21,22)/t12-,13+,14-,17+/m0/s1. The molecule has 1 aromatic carbocycles. The highest BCUT2D eigenvalue weighted by atomic mass is 16.5. The van der Waals surface area contributed by atoms with E-state index < -0.39 is 11.6 Å². The van der Waals surface area contributed by atoms with Crippen LogP contribution >= 0.6 is 0 Å². The molecule has 3 aliphatic heterocycles. The molecule has 0 bridgehead atoms. The molecule has 0 aromatic heterocycles. The van der Waals surface area contributed by atoms with Crippen molar-refractivity contribution in [2.24, 2.45) is 5.92 Å². The molecule has 1 aromatic rings. The van der Waals surface area contributed by atoms with Gasteiger partial charge in [-0.2, -0.15) is 0 Å². The van der Waals surface area contributed by atoms with E-state index in [1.54, 1.807) is 7.11 Å². The Morgan fingerprint density at radius 1 is 1.44 bits per heavy atom. The highest BCUT2D eigenvalue weighted by Gasteiger charge is 2.53. The summed E-state index contributed by atoms with van der Waals surface area (Å²) in [4.78, 5) is 13.2. The maximum Gasteiger partial charge on any atom is 0.317 e. The topological polar surface area (TPSA) is 68.2 Å². The summed E-state index contributed by atoms with van der Waals surface area (Å²) in [5.74, 6) is 0.892. The van der Waals surface area contributed by atoms with Crippen LogP contribution in [0.1, 0.15) is 38.4 Å².